The van der Waals surface area contributed by atoms with E-state index in [0.717, 1.165) is 11.1 Å². The van der Waals surface area contributed by atoms with Gasteiger partial charge in [0.15, 0.2) is 5.70 Å². The molecule has 1 aromatic carbocycles. The number of carbonyl (C=O) groups excluding carboxylic acids is 2. The number of nitrogens with one attached hydrogen (secondary N) is 1. The highest BCUT2D eigenvalue weighted by Gasteiger charge is 2.30. The lowest BCUT2D eigenvalue weighted by Crippen LogP contribution is -2.40. The van der Waals surface area contributed by atoms with E-state index in [0.29, 0.717) is 54.2 Å². The summed E-state index contributed by atoms with van der Waals surface area (Å²) in [6.45, 7) is 8.35. The van der Waals surface area contributed by atoms with Crippen molar-refractivity contribution < 1.29 is 19.1 Å². The zero-order chi connectivity index (χ0) is 22.7. The van der Waals surface area contributed by atoms with Crippen molar-refractivity contribution >= 4 is 28.3 Å². The van der Waals surface area contributed by atoms with Crippen LogP contribution in [0, 0.1) is 6.57 Å². The van der Waals surface area contributed by atoms with Gasteiger partial charge in [-0.3, -0.25) is 9.59 Å². The van der Waals surface area contributed by atoms with Gasteiger partial charge in [0.2, 0.25) is 5.88 Å². The van der Waals surface area contributed by atoms with Crippen LogP contribution >= 0.6 is 0 Å². The van der Waals surface area contributed by atoms with Gasteiger partial charge in [-0.2, -0.15) is 0 Å². The molecule has 3 heterocycles. The Labute approximate surface area is 185 Å². The van der Waals surface area contributed by atoms with Gasteiger partial charge in [0.05, 0.1) is 37.9 Å². The number of ketones is 1. The van der Waals surface area contributed by atoms with Crippen LogP contribution in [0.4, 0.5) is 0 Å². The van der Waals surface area contributed by atoms with Gasteiger partial charge in [0, 0.05) is 19.3 Å². The van der Waals surface area contributed by atoms with E-state index in [2.05, 4.69) is 14.8 Å². The fraction of sp³-hybridized carbons (Fsp3) is 0.250. The van der Waals surface area contributed by atoms with E-state index >= 15 is 0 Å². The molecule has 32 heavy (non-hydrogen) atoms. The van der Waals surface area contributed by atoms with Crippen molar-refractivity contribution in [2.45, 2.75) is 12.8 Å². The highest BCUT2D eigenvalue weighted by molar-refractivity contribution is 6.45. The summed E-state index contributed by atoms with van der Waals surface area (Å²) in [5.41, 5.74) is 3.23. The number of rotatable bonds is 5. The van der Waals surface area contributed by atoms with E-state index in [-0.39, 0.29) is 5.56 Å². The Kier molecular flexibility index (Phi) is 5.90. The average Bonchev–Trinajstić information content (AvgIpc) is 3.29. The molecule has 1 aliphatic rings. The van der Waals surface area contributed by atoms with Crippen LogP contribution < -0.4 is 9.47 Å². The Morgan fingerprint density at radius 3 is 2.47 bits per heavy atom. The molecule has 0 atom stereocenters. The normalized spacial score (nSPS) is 13.5. The number of carbonyl (C=O) groups is 2. The molecule has 162 valence electrons. The number of likely N-dealkylation sites (tertiary alicyclic amines) is 1. The third kappa shape index (κ3) is 3.69. The first-order valence-electron chi connectivity index (χ1n) is 10.2. The second-order valence-corrected chi connectivity index (χ2v) is 7.34. The molecule has 1 aliphatic heterocycles. The molecule has 2 aromatic heterocycles. The lowest BCUT2D eigenvalue weighted by molar-refractivity contribution is -0.126. The van der Waals surface area contributed by atoms with Gasteiger partial charge >= 0.3 is 0 Å². The predicted octanol–water partition coefficient (Wildman–Crippen LogP) is 3.72. The summed E-state index contributed by atoms with van der Waals surface area (Å²) in [4.78, 5) is 38.5. The SMILES string of the molecule is [C-]#[N+]C(=C1CCN(C(=O)C(=O)c2c[nH]c3c(OC)ncc(OC)c23)CC1)c1ccccc1. The number of fused-ring (bicyclic) bond motifs is 1. The van der Waals surface area contributed by atoms with Crippen LogP contribution in [0.15, 0.2) is 48.3 Å². The Hall–Kier alpha value is -4.12. The highest BCUT2D eigenvalue weighted by atomic mass is 16.5. The van der Waals surface area contributed by atoms with Crippen LogP contribution in [0.25, 0.3) is 21.4 Å². The van der Waals surface area contributed by atoms with E-state index < -0.39 is 11.7 Å². The van der Waals surface area contributed by atoms with Gasteiger partial charge < -0.3 is 19.4 Å². The van der Waals surface area contributed by atoms with Crippen molar-refractivity contribution in [2.24, 2.45) is 0 Å². The van der Waals surface area contributed by atoms with Gasteiger partial charge in [-0.25, -0.2) is 9.83 Å². The van der Waals surface area contributed by atoms with Crippen LogP contribution in [-0.2, 0) is 4.79 Å². The minimum Gasteiger partial charge on any atom is -0.494 e. The van der Waals surface area contributed by atoms with Crippen LogP contribution in [0.3, 0.4) is 0 Å². The van der Waals surface area contributed by atoms with E-state index in [1.807, 2.05) is 30.3 Å². The molecule has 1 fully saturated rings. The summed E-state index contributed by atoms with van der Waals surface area (Å²) < 4.78 is 10.6. The van der Waals surface area contributed by atoms with Crippen molar-refractivity contribution in [3.8, 4) is 11.6 Å². The molecule has 0 saturated carbocycles. The number of amides is 1. The number of methoxy groups -OCH3 is 2. The Morgan fingerprint density at radius 2 is 1.84 bits per heavy atom. The molecule has 1 amide bonds. The minimum atomic E-state index is -0.622. The smallest absolute Gasteiger partial charge is 0.295 e. The Balaban J connectivity index is 1.56. The topological polar surface area (TPSA) is 88.9 Å². The maximum absolute atomic E-state index is 13.1. The maximum Gasteiger partial charge on any atom is 0.295 e. The average molecular weight is 430 g/mol. The lowest BCUT2D eigenvalue weighted by atomic mass is 9.97. The van der Waals surface area contributed by atoms with E-state index in [1.54, 1.807) is 4.90 Å². The number of benzene rings is 1. The number of aromatic nitrogens is 2. The van der Waals surface area contributed by atoms with E-state index in [4.69, 9.17) is 16.0 Å². The molecule has 0 unspecified atom stereocenters. The van der Waals surface area contributed by atoms with Crippen molar-refractivity contribution in [2.75, 3.05) is 27.3 Å². The molecular weight excluding hydrogens is 408 g/mol. The van der Waals surface area contributed by atoms with Crippen LogP contribution in [0.2, 0.25) is 0 Å². The molecule has 8 nitrogen and oxygen atoms in total. The largest absolute Gasteiger partial charge is 0.494 e. The molecular formula is C24H22N4O4. The Bertz CT molecular complexity index is 1240. The lowest BCUT2D eigenvalue weighted by Gasteiger charge is -2.28. The summed E-state index contributed by atoms with van der Waals surface area (Å²) in [5, 5.41) is 0.467. The van der Waals surface area contributed by atoms with E-state index in [1.165, 1.54) is 26.6 Å². The van der Waals surface area contributed by atoms with Crippen LogP contribution in [-0.4, -0.2) is 53.9 Å². The fourth-order valence-electron chi connectivity index (χ4n) is 4.00. The number of Topliss-reactive ketones (excluding diaryl/α,β-unsaturated/α-hetero) is 1. The number of nitrogens with zero attached hydrogens (tertiary/aromatic N) is 3. The van der Waals surface area contributed by atoms with Gasteiger partial charge in [-0.15, -0.1) is 0 Å². The number of pyridine rings is 1. The third-order valence-corrected chi connectivity index (χ3v) is 5.64. The molecule has 0 radical (unpaired) electrons. The van der Waals surface area contributed by atoms with Crippen LogP contribution in [0.5, 0.6) is 11.6 Å². The number of piperidine rings is 1. The second-order valence-electron chi connectivity index (χ2n) is 7.34. The quantitative estimate of drug-likeness (QED) is 0.379. The molecule has 0 spiro atoms. The minimum absolute atomic E-state index is 0.218. The molecule has 0 bridgehead atoms. The van der Waals surface area contributed by atoms with Gasteiger partial charge in [0.1, 0.15) is 11.3 Å². The van der Waals surface area contributed by atoms with Crippen LogP contribution in [0.1, 0.15) is 28.8 Å². The first kappa shape index (κ1) is 21.1. The summed E-state index contributed by atoms with van der Waals surface area (Å²) in [6.07, 6.45) is 4.06. The van der Waals surface area contributed by atoms with Crippen molar-refractivity contribution in [1.82, 2.24) is 14.9 Å². The zero-order valence-electron chi connectivity index (χ0n) is 17.8. The molecule has 1 N–H and O–H groups in total. The number of ether oxygens (including phenoxy) is 2. The highest BCUT2D eigenvalue weighted by Crippen LogP contribution is 2.34. The van der Waals surface area contributed by atoms with Crippen molar-refractivity contribution in [3.63, 3.8) is 0 Å². The molecule has 0 aliphatic carbocycles. The fourth-order valence-corrected chi connectivity index (χ4v) is 4.00. The van der Waals surface area contributed by atoms with Gasteiger partial charge in [-0.1, -0.05) is 35.9 Å². The van der Waals surface area contributed by atoms with Gasteiger partial charge in [0.25, 0.3) is 11.7 Å². The summed E-state index contributed by atoms with van der Waals surface area (Å²) in [5.74, 6) is -0.505. The zero-order valence-corrected chi connectivity index (χ0v) is 17.8. The number of H-pyrrole nitrogens is 1. The second kappa shape index (κ2) is 8.94. The summed E-state index contributed by atoms with van der Waals surface area (Å²) >= 11 is 0. The molecule has 8 heteroatoms. The first-order valence-corrected chi connectivity index (χ1v) is 10.2. The predicted molar refractivity (Wildman–Crippen MR) is 119 cm³/mol. The number of hydrogen-bond donors (Lipinski definition) is 1. The number of aromatic amines is 1. The van der Waals surface area contributed by atoms with Crippen molar-refractivity contribution in [1.29, 1.82) is 0 Å². The maximum atomic E-state index is 13.1. The summed E-state index contributed by atoms with van der Waals surface area (Å²) in [6, 6.07) is 9.54. The Morgan fingerprint density at radius 1 is 1.12 bits per heavy atom. The standard InChI is InChI=1S/C24H22N4O4/c1-25-20(15-7-5-4-6-8-15)16-9-11-28(12-10-16)24(30)22(29)17-13-26-21-19(17)18(31-2)14-27-23(21)32-3/h4-8,13-14,26H,9-12H2,2-3H3. The third-order valence-electron chi connectivity index (χ3n) is 5.64. The van der Waals surface area contributed by atoms with E-state index in [9.17, 15) is 9.59 Å². The first-order chi connectivity index (χ1) is 15.6. The van der Waals surface area contributed by atoms with Crippen molar-refractivity contribution in [3.05, 3.63) is 70.8 Å². The summed E-state index contributed by atoms with van der Waals surface area (Å²) in [7, 11) is 2.96. The molecule has 4 rings (SSSR count). The molecule has 3 aromatic rings. The molecule has 1 saturated heterocycles. The number of hydrogen-bond acceptors (Lipinski definition) is 5. The monoisotopic (exact) mass is 430 g/mol. The van der Waals surface area contributed by atoms with Gasteiger partial charge in [-0.05, 0) is 18.4 Å².